The molecule has 0 N–H and O–H groups in total. The second-order valence-electron chi connectivity index (χ2n) is 18.7. The van der Waals surface area contributed by atoms with Crippen LogP contribution in [0.25, 0.3) is 0 Å². The van der Waals surface area contributed by atoms with Gasteiger partial charge in [0.2, 0.25) is 0 Å². The van der Waals surface area contributed by atoms with Crippen LogP contribution < -0.4 is 0 Å². The molecule has 4 rings (SSSR count). The Balaban J connectivity index is -0.000000194. The van der Waals surface area contributed by atoms with Gasteiger partial charge in [-0.2, -0.15) is 0 Å². The zero-order valence-corrected chi connectivity index (χ0v) is 49.7. The van der Waals surface area contributed by atoms with Crippen LogP contribution in [0, 0.1) is 59.2 Å². The topological polar surface area (TPSA) is 9.72 Å². The molecule has 1 aliphatic carbocycles. The van der Waals surface area contributed by atoms with Gasteiger partial charge in [0.25, 0.3) is 0 Å². The van der Waals surface area contributed by atoms with Crippen LogP contribution in [0.5, 0.6) is 0 Å². The molecule has 0 aromatic rings. The molecule has 3 nitrogen and oxygen atoms in total. The maximum absolute atomic E-state index is 2.62. The second kappa shape index (κ2) is 44.5. The third kappa shape index (κ3) is 35.0. The SMILES string of the molecule is CC.CC.CC.CC.CC(C)C1CCC(C(C)C)C1.CC(C)C1CCCN(C(C)C)C1.CC(C)C1CCN(C(C)C)C1.CC(C)C1CCN(C(C)C)CC1.[I][V][I]. The Bertz CT molecular complexity index is 678. The zero-order valence-electron chi connectivity index (χ0n) is 43.9. The number of rotatable bonds is 8. The van der Waals surface area contributed by atoms with Crippen molar-refractivity contribution < 1.29 is 9.47 Å². The molecule has 3 aliphatic heterocycles. The van der Waals surface area contributed by atoms with Gasteiger partial charge in [-0.05, 0) is 178 Å². The Kier molecular flexibility index (Phi) is 53.1. The van der Waals surface area contributed by atoms with Crippen molar-refractivity contribution in [2.75, 3.05) is 39.3 Å². The summed E-state index contributed by atoms with van der Waals surface area (Å²) in [6.07, 6.45) is 11.6. The van der Waals surface area contributed by atoms with E-state index in [0.717, 1.165) is 77.3 Å². The molecule has 1 saturated carbocycles. The Morgan fingerprint density at radius 3 is 0.860 bits per heavy atom. The van der Waals surface area contributed by atoms with Crippen molar-refractivity contribution in [1.29, 1.82) is 0 Å². The van der Waals surface area contributed by atoms with E-state index < -0.39 is 0 Å². The van der Waals surface area contributed by atoms with E-state index in [2.05, 4.69) is 165 Å². The number of halogens is 2. The molecular weight excluding hydrogens is 959 g/mol. The molecule has 4 atom stereocenters. The first-order chi connectivity index (χ1) is 26.9. The van der Waals surface area contributed by atoms with Gasteiger partial charge in [-0.15, -0.1) is 0 Å². The maximum atomic E-state index is 2.62. The number of likely N-dealkylation sites (tertiary alicyclic amines) is 3. The quantitative estimate of drug-likeness (QED) is 0.224. The van der Waals surface area contributed by atoms with Crippen LogP contribution in [0.3, 0.4) is 0 Å². The molecule has 4 fully saturated rings. The van der Waals surface area contributed by atoms with Crippen molar-refractivity contribution in [3.63, 3.8) is 0 Å². The number of piperidine rings is 2. The van der Waals surface area contributed by atoms with Crippen molar-refractivity contribution in [2.45, 2.75) is 236 Å². The van der Waals surface area contributed by atoms with Crippen LogP contribution in [-0.4, -0.2) is 72.1 Å². The van der Waals surface area contributed by atoms with Crippen molar-refractivity contribution in [3.05, 3.63) is 0 Å². The molecule has 0 amide bonds. The first-order valence-electron chi connectivity index (χ1n) is 25.0. The van der Waals surface area contributed by atoms with Gasteiger partial charge >= 0.3 is 49.4 Å². The first kappa shape index (κ1) is 68.0. The summed E-state index contributed by atoms with van der Waals surface area (Å²) < 4.78 is 0. The van der Waals surface area contributed by atoms with Gasteiger partial charge < -0.3 is 14.7 Å². The molecule has 0 spiro atoms. The molecule has 4 unspecified atom stereocenters. The van der Waals surface area contributed by atoms with Crippen molar-refractivity contribution in [2.24, 2.45) is 59.2 Å². The van der Waals surface area contributed by atoms with E-state index >= 15 is 0 Å². The number of hydrogen-bond acceptors (Lipinski definition) is 3. The first-order valence-corrected chi connectivity index (χ1v) is 34.0. The Hall–Kier alpha value is 1.92. The van der Waals surface area contributed by atoms with Crippen LogP contribution in [0.2, 0.25) is 0 Å². The monoisotopic (exact) mass is 1070 g/mol. The summed E-state index contributed by atoms with van der Waals surface area (Å²) >= 11 is 4.74. The Morgan fingerprint density at radius 1 is 0.351 bits per heavy atom. The van der Waals surface area contributed by atoms with E-state index in [1.165, 1.54) is 90.6 Å². The fourth-order valence-corrected chi connectivity index (χ4v) is 8.25. The molecular formula is C51H113I2N3V. The van der Waals surface area contributed by atoms with E-state index in [1.54, 1.807) is 0 Å². The summed E-state index contributed by atoms with van der Waals surface area (Å²) in [5, 5.41) is 0. The summed E-state index contributed by atoms with van der Waals surface area (Å²) in [5.74, 6) is 9.41. The average molecular weight is 1070 g/mol. The van der Waals surface area contributed by atoms with Gasteiger partial charge in [-0.3, -0.25) is 0 Å². The van der Waals surface area contributed by atoms with E-state index in [0.29, 0.717) is 9.47 Å². The second-order valence-corrected chi connectivity index (χ2v) is 30.5. The minimum atomic E-state index is 0.628. The fourth-order valence-electron chi connectivity index (χ4n) is 8.25. The van der Waals surface area contributed by atoms with Gasteiger partial charge in [0.1, 0.15) is 0 Å². The predicted octanol–water partition coefficient (Wildman–Crippen LogP) is 17.5. The molecule has 3 heterocycles. The summed E-state index contributed by atoms with van der Waals surface area (Å²) in [6.45, 7) is 61.3. The molecule has 0 radical (unpaired) electrons. The summed E-state index contributed by atoms with van der Waals surface area (Å²) in [4.78, 5) is 7.80. The van der Waals surface area contributed by atoms with E-state index in [9.17, 15) is 0 Å². The molecule has 0 aromatic carbocycles. The molecule has 6 heteroatoms. The number of nitrogens with zero attached hydrogens (tertiary/aromatic N) is 3. The van der Waals surface area contributed by atoms with Gasteiger partial charge in [-0.1, -0.05) is 125 Å². The van der Waals surface area contributed by atoms with Gasteiger partial charge in [0.15, 0.2) is 0 Å². The molecule has 0 bridgehead atoms. The predicted molar refractivity (Wildman–Crippen MR) is 282 cm³/mol. The third-order valence-electron chi connectivity index (χ3n) is 12.7. The van der Waals surface area contributed by atoms with E-state index in [1.807, 2.05) is 55.4 Å². The van der Waals surface area contributed by atoms with Crippen LogP contribution >= 0.6 is 40.0 Å². The summed E-state index contributed by atoms with van der Waals surface area (Å²) in [6, 6.07) is 2.24. The summed E-state index contributed by atoms with van der Waals surface area (Å²) in [7, 11) is 0.628. The average Bonchev–Trinajstić information content (AvgIpc) is 3.92. The summed E-state index contributed by atoms with van der Waals surface area (Å²) in [5.41, 5.74) is 0. The van der Waals surface area contributed by atoms with E-state index in [-0.39, 0.29) is 0 Å². The molecule has 4 aliphatic rings. The Labute approximate surface area is 394 Å². The molecule has 0 aromatic heterocycles. The molecule has 57 heavy (non-hydrogen) atoms. The van der Waals surface area contributed by atoms with Crippen LogP contribution in [0.1, 0.15) is 218 Å². The van der Waals surface area contributed by atoms with Crippen LogP contribution in [0.4, 0.5) is 0 Å². The van der Waals surface area contributed by atoms with Gasteiger partial charge in [0, 0.05) is 31.2 Å². The molecule has 351 valence electrons. The van der Waals surface area contributed by atoms with Crippen molar-refractivity contribution in [3.8, 4) is 0 Å². The Morgan fingerprint density at radius 2 is 0.614 bits per heavy atom. The van der Waals surface area contributed by atoms with Crippen LogP contribution in [-0.2, 0) is 9.47 Å². The van der Waals surface area contributed by atoms with Crippen molar-refractivity contribution in [1.82, 2.24) is 14.7 Å². The van der Waals surface area contributed by atoms with Crippen LogP contribution in [0.15, 0.2) is 0 Å². The third-order valence-corrected chi connectivity index (χ3v) is 12.7. The van der Waals surface area contributed by atoms with Crippen molar-refractivity contribution >= 4 is 40.0 Å². The molecule has 3 saturated heterocycles. The van der Waals surface area contributed by atoms with Gasteiger partial charge in [0.05, 0.1) is 0 Å². The zero-order chi connectivity index (χ0) is 45.8. The van der Waals surface area contributed by atoms with E-state index in [4.69, 9.17) is 0 Å². The normalized spacial score (nSPS) is 22.6. The standard InChI is InChI=1S/2C11H23N.C11H22.C10H21N.4C2H6.2HI.V/c1-9(2)11-5-7-12(8-6-11)10(3)4;1-9(2)11-6-5-7-12(8-11)10(3)4;2*1-8(2)10-5-6-11(7-10)9(3)4;4*1-2;;;/h2*9-11H,5-8H2,1-4H3;8-11H,5-7H2,1-4H3;8-10H,5-7H2,1-4H3;4*1-2H3;2*1H;/q;;;;;;;;;;+2/p-2. The minimum absolute atomic E-state index is 0.628. The van der Waals surface area contributed by atoms with Gasteiger partial charge in [-0.25, -0.2) is 0 Å². The fraction of sp³-hybridized carbons (Fsp3) is 1.00. The number of hydrogen-bond donors (Lipinski definition) is 0.